The van der Waals surface area contributed by atoms with E-state index in [4.69, 9.17) is 27.9 Å². The first-order chi connectivity index (χ1) is 16.9. The van der Waals surface area contributed by atoms with Crippen LogP contribution in [-0.4, -0.2) is 54.3 Å². The van der Waals surface area contributed by atoms with E-state index in [-0.39, 0.29) is 22.0 Å². The van der Waals surface area contributed by atoms with Gasteiger partial charge in [-0.3, -0.25) is 14.6 Å². The number of ether oxygens (including phenoxy) is 1. The van der Waals surface area contributed by atoms with Crippen molar-refractivity contribution in [2.24, 2.45) is 4.99 Å². The second-order valence-corrected chi connectivity index (χ2v) is 8.61. The summed E-state index contributed by atoms with van der Waals surface area (Å²) in [5, 5.41) is 6.23. The highest BCUT2D eigenvalue weighted by atomic mass is 35.5. The molecule has 0 saturated carbocycles. The first-order valence-electron chi connectivity index (χ1n) is 10.9. The number of carbonyl (C=O) groups is 2. The molecular weight excluding hydrogens is 489 g/mol. The third-order valence-electron chi connectivity index (χ3n) is 5.28. The lowest BCUT2D eigenvalue weighted by molar-refractivity contribution is 0.102. The number of aliphatic imine (C=N–C) groups is 1. The number of nitrogens with zero attached hydrogens (tertiary/aromatic N) is 3. The van der Waals surface area contributed by atoms with Crippen molar-refractivity contribution in [3.63, 3.8) is 0 Å². The van der Waals surface area contributed by atoms with Gasteiger partial charge in [0, 0.05) is 42.0 Å². The van der Waals surface area contributed by atoms with Crippen LogP contribution in [0.15, 0.2) is 59.7 Å². The Kier molecular flexibility index (Phi) is 7.53. The summed E-state index contributed by atoms with van der Waals surface area (Å²) in [6, 6.07) is 13.3. The lowest BCUT2D eigenvalue weighted by atomic mass is 10.1. The molecular formula is C25H23Cl2N5O3. The van der Waals surface area contributed by atoms with Crippen LogP contribution in [0.2, 0.25) is 10.0 Å². The van der Waals surface area contributed by atoms with Gasteiger partial charge in [0.25, 0.3) is 11.8 Å². The fraction of sp³-hybridized carbons (Fsp3) is 0.200. The Labute approximate surface area is 212 Å². The van der Waals surface area contributed by atoms with Gasteiger partial charge in [-0.2, -0.15) is 0 Å². The first-order valence-corrected chi connectivity index (χ1v) is 11.7. The predicted octanol–water partition coefficient (Wildman–Crippen LogP) is 4.98. The van der Waals surface area contributed by atoms with E-state index in [1.165, 1.54) is 12.3 Å². The first kappa shape index (κ1) is 24.5. The number of pyridine rings is 1. The number of nitrogens with one attached hydrogen (secondary N) is 2. The van der Waals surface area contributed by atoms with E-state index in [1.54, 1.807) is 37.3 Å². The molecule has 0 spiro atoms. The van der Waals surface area contributed by atoms with E-state index in [9.17, 15) is 9.59 Å². The summed E-state index contributed by atoms with van der Waals surface area (Å²) in [7, 11) is 1.98. The molecule has 1 aromatic heterocycles. The molecule has 35 heavy (non-hydrogen) atoms. The number of halogens is 2. The van der Waals surface area contributed by atoms with E-state index in [0.29, 0.717) is 23.0 Å². The number of amidine groups is 1. The predicted molar refractivity (Wildman–Crippen MR) is 138 cm³/mol. The van der Waals surface area contributed by atoms with Crippen molar-refractivity contribution in [2.45, 2.75) is 6.92 Å². The highest BCUT2D eigenvalue weighted by Gasteiger charge is 2.21. The molecule has 0 aliphatic carbocycles. The summed E-state index contributed by atoms with van der Waals surface area (Å²) in [6.07, 6.45) is 1.42. The topological polar surface area (TPSA) is 95.9 Å². The maximum atomic E-state index is 13.1. The van der Waals surface area contributed by atoms with Crippen LogP contribution < -0.4 is 15.4 Å². The molecule has 180 valence electrons. The molecule has 2 heterocycles. The van der Waals surface area contributed by atoms with Gasteiger partial charge in [-0.15, -0.1) is 0 Å². The largest absolute Gasteiger partial charge is 0.492 e. The Morgan fingerprint density at radius 2 is 1.80 bits per heavy atom. The Morgan fingerprint density at radius 1 is 1.03 bits per heavy atom. The normalized spacial score (nSPS) is 12.8. The Morgan fingerprint density at radius 3 is 2.43 bits per heavy atom. The molecule has 3 aromatic rings. The Balaban J connectivity index is 1.61. The van der Waals surface area contributed by atoms with Gasteiger partial charge in [-0.05, 0) is 37.3 Å². The quantitative estimate of drug-likeness (QED) is 0.466. The molecule has 0 radical (unpaired) electrons. The summed E-state index contributed by atoms with van der Waals surface area (Å²) in [4.78, 5) is 36.9. The van der Waals surface area contributed by atoms with E-state index in [1.807, 2.05) is 19.2 Å². The SMILES string of the molecule is CCOc1cc(Cl)cc(C(=O)Nc2ccc(Cl)cn2)c1NC(=O)c1ccc(C2=NCCN2C)cc1. The van der Waals surface area contributed by atoms with Gasteiger partial charge in [-0.1, -0.05) is 35.3 Å². The van der Waals surface area contributed by atoms with Gasteiger partial charge in [-0.25, -0.2) is 4.98 Å². The zero-order chi connectivity index (χ0) is 24.9. The molecule has 2 amide bonds. The molecule has 4 rings (SSSR count). The molecule has 0 saturated heterocycles. The molecule has 1 aliphatic heterocycles. The summed E-state index contributed by atoms with van der Waals surface area (Å²) < 4.78 is 5.68. The Bertz CT molecular complexity index is 1280. The van der Waals surface area contributed by atoms with Crippen LogP contribution >= 0.6 is 23.2 Å². The molecule has 2 aromatic carbocycles. The van der Waals surface area contributed by atoms with E-state index in [0.717, 1.165) is 24.5 Å². The van der Waals surface area contributed by atoms with Gasteiger partial charge in [0.15, 0.2) is 0 Å². The molecule has 0 unspecified atom stereocenters. The van der Waals surface area contributed by atoms with Crippen molar-refractivity contribution in [3.8, 4) is 5.75 Å². The van der Waals surface area contributed by atoms with Crippen LogP contribution in [0.4, 0.5) is 11.5 Å². The number of hydrogen-bond acceptors (Lipinski definition) is 6. The van der Waals surface area contributed by atoms with E-state index in [2.05, 4.69) is 25.5 Å². The van der Waals surface area contributed by atoms with Gasteiger partial charge >= 0.3 is 0 Å². The number of rotatable bonds is 7. The van der Waals surface area contributed by atoms with Crippen LogP contribution in [0.1, 0.15) is 33.2 Å². The molecule has 0 atom stereocenters. The zero-order valence-corrected chi connectivity index (χ0v) is 20.7. The van der Waals surface area contributed by atoms with Crippen LogP contribution in [0.25, 0.3) is 0 Å². The van der Waals surface area contributed by atoms with Gasteiger partial charge in [0.2, 0.25) is 0 Å². The number of anilines is 2. The maximum absolute atomic E-state index is 13.1. The smallest absolute Gasteiger partial charge is 0.259 e. The van der Waals surface area contributed by atoms with Crippen LogP contribution in [-0.2, 0) is 0 Å². The Hall–Kier alpha value is -3.62. The highest BCUT2D eigenvalue weighted by molar-refractivity contribution is 6.32. The second kappa shape index (κ2) is 10.8. The number of aromatic nitrogens is 1. The van der Waals surface area contributed by atoms with Crippen molar-refractivity contribution >= 4 is 52.4 Å². The van der Waals surface area contributed by atoms with Crippen molar-refractivity contribution in [1.82, 2.24) is 9.88 Å². The summed E-state index contributed by atoms with van der Waals surface area (Å²) in [6.45, 7) is 3.73. The highest BCUT2D eigenvalue weighted by Crippen LogP contribution is 2.34. The van der Waals surface area contributed by atoms with Gasteiger partial charge < -0.3 is 20.3 Å². The molecule has 2 N–H and O–H groups in total. The van der Waals surface area contributed by atoms with E-state index >= 15 is 0 Å². The fourth-order valence-electron chi connectivity index (χ4n) is 3.59. The number of benzene rings is 2. The third-order valence-corrected chi connectivity index (χ3v) is 5.72. The van der Waals surface area contributed by atoms with Crippen molar-refractivity contribution in [2.75, 3.05) is 37.4 Å². The van der Waals surface area contributed by atoms with Crippen molar-refractivity contribution in [3.05, 3.63) is 81.5 Å². The summed E-state index contributed by atoms with van der Waals surface area (Å²) >= 11 is 12.1. The van der Waals surface area contributed by atoms with Gasteiger partial charge in [0.1, 0.15) is 17.4 Å². The molecule has 0 bridgehead atoms. The lowest BCUT2D eigenvalue weighted by Gasteiger charge is -2.17. The molecule has 8 nitrogen and oxygen atoms in total. The van der Waals surface area contributed by atoms with Gasteiger partial charge in [0.05, 0.1) is 29.4 Å². The van der Waals surface area contributed by atoms with Crippen LogP contribution in [0, 0.1) is 0 Å². The summed E-state index contributed by atoms with van der Waals surface area (Å²) in [5.41, 5.74) is 1.68. The molecule has 0 fully saturated rings. The van der Waals surface area contributed by atoms with E-state index < -0.39 is 11.8 Å². The zero-order valence-electron chi connectivity index (χ0n) is 19.1. The second-order valence-electron chi connectivity index (χ2n) is 7.73. The molecule has 10 heteroatoms. The number of amides is 2. The number of carbonyl (C=O) groups excluding carboxylic acids is 2. The average Bonchev–Trinajstić information content (AvgIpc) is 3.28. The summed E-state index contributed by atoms with van der Waals surface area (Å²) in [5.74, 6) is 0.547. The molecule has 1 aliphatic rings. The maximum Gasteiger partial charge on any atom is 0.259 e. The number of likely N-dealkylation sites (N-methyl/N-ethyl adjacent to an activating group) is 1. The minimum absolute atomic E-state index is 0.129. The van der Waals surface area contributed by atoms with Crippen LogP contribution in [0.5, 0.6) is 5.75 Å². The van der Waals surface area contributed by atoms with Crippen molar-refractivity contribution < 1.29 is 14.3 Å². The van der Waals surface area contributed by atoms with Crippen molar-refractivity contribution in [1.29, 1.82) is 0 Å². The fourth-order valence-corrected chi connectivity index (χ4v) is 3.91. The average molecular weight is 512 g/mol. The standard InChI is InChI=1S/C25H23Cl2N5O3/c1-3-35-20-13-18(27)12-19(25(34)30-21-9-8-17(26)14-29-21)22(20)31-24(33)16-6-4-15(5-7-16)23-28-10-11-32(23)2/h4-9,12-14H,3,10-11H2,1-2H3,(H,31,33)(H,29,30,34). The third kappa shape index (κ3) is 5.72. The number of hydrogen-bond donors (Lipinski definition) is 2. The van der Waals surface area contributed by atoms with Crippen LogP contribution in [0.3, 0.4) is 0 Å². The lowest BCUT2D eigenvalue weighted by Crippen LogP contribution is -2.23. The monoisotopic (exact) mass is 511 g/mol. The minimum Gasteiger partial charge on any atom is -0.492 e. The minimum atomic E-state index is -0.517.